The lowest BCUT2D eigenvalue weighted by atomic mass is 10.3. The van der Waals surface area contributed by atoms with Crippen LogP contribution < -0.4 is 0 Å². The molecule has 1 heterocycles. The van der Waals surface area contributed by atoms with Gasteiger partial charge < -0.3 is 10.2 Å². The van der Waals surface area contributed by atoms with Gasteiger partial charge in [0.25, 0.3) is 0 Å². The van der Waals surface area contributed by atoms with Gasteiger partial charge in [-0.2, -0.15) is 0 Å². The van der Waals surface area contributed by atoms with Crippen LogP contribution in [0.25, 0.3) is 10.2 Å². The zero-order chi connectivity index (χ0) is 10.8. The molecule has 0 aliphatic carbocycles. The van der Waals surface area contributed by atoms with Crippen molar-refractivity contribution in [2.45, 2.75) is 12.5 Å². The van der Waals surface area contributed by atoms with Crippen molar-refractivity contribution in [2.24, 2.45) is 0 Å². The van der Waals surface area contributed by atoms with Crippen LogP contribution in [-0.2, 0) is 4.79 Å². The number of aliphatic hydroxyl groups excluding tert-OH is 1. The molecule has 0 aliphatic heterocycles. The molecule has 0 saturated carbocycles. The molecule has 0 aliphatic rings. The Balaban J connectivity index is 2.32. The van der Waals surface area contributed by atoms with Gasteiger partial charge >= 0.3 is 5.97 Å². The minimum Gasteiger partial charge on any atom is -0.481 e. The van der Waals surface area contributed by atoms with Gasteiger partial charge in [-0.15, -0.1) is 11.3 Å². The van der Waals surface area contributed by atoms with Crippen LogP contribution in [0, 0.1) is 0 Å². The molecule has 15 heavy (non-hydrogen) atoms. The van der Waals surface area contributed by atoms with E-state index in [1.54, 1.807) is 0 Å². The summed E-state index contributed by atoms with van der Waals surface area (Å²) in [4.78, 5) is 14.6. The summed E-state index contributed by atoms with van der Waals surface area (Å²) in [6, 6.07) is 7.47. The first-order valence-corrected chi connectivity index (χ1v) is 5.24. The Kier molecular flexibility index (Phi) is 2.66. The molecule has 0 unspecified atom stereocenters. The predicted molar refractivity (Wildman–Crippen MR) is 56.8 cm³/mol. The highest BCUT2D eigenvalue weighted by Gasteiger charge is 2.16. The maximum atomic E-state index is 10.4. The summed E-state index contributed by atoms with van der Waals surface area (Å²) >= 11 is 1.32. The van der Waals surface area contributed by atoms with Crippen molar-refractivity contribution in [1.82, 2.24) is 4.98 Å². The van der Waals surface area contributed by atoms with Crippen LogP contribution in [-0.4, -0.2) is 21.2 Å². The Morgan fingerprint density at radius 1 is 1.47 bits per heavy atom. The van der Waals surface area contributed by atoms with Gasteiger partial charge in [0.2, 0.25) is 0 Å². The molecule has 78 valence electrons. The Labute approximate surface area is 89.8 Å². The second-order valence-electron chi connectivity index (χ2n) is 3.13. The van der Waals surface area contributed by atoms with Crippen LogP contribution in [0.4, 0.5) is 0 Å². The van der Waals surface area contributed by atoms with Crippen LogP contribution >= 0.6 is 11.3 Å². The number of aliphatic hydroxyl groups is 1. The summed E-state index contributed by atoms with van der Waals surface area (Å²) in [6.07, 6.45) is -1.32. The first-order chi connectivity index (χ1) is 7.16. The monoisotopic (exact) mass is 223 g/mol. The summed E-state index contributed by atoms with van der Waals surface area (Å²) in [5.41, 5.74) is 0.793. The number of hydrogen-bond acceptors (Lipinski definition) is 4. The molecular formula is C10H9NO3S. The second-order valence-corrected chi connectivity index (χ2v) is 4.20. The fourth-order valence-corrected chi connectivity index (χ4v) is 2.24. The smallest absolute Gasteiger partial charge is 0.306 e. The van der Waals surface area contributed by atoms with E-state index in [0.717, 1.165) is 10.2 Å². The third kappa shape index (κ3) is 2.14. The largest absolute Gasteiger partial charge is 0.481 e. The number of carboxylic acids is 1. The van der Waals surface area contributed by atoms with Crippen LogP contribution in [0.1, 0.15) is 17.5 Å². The summed E-state index contributed by atoms with van der Waals surface area (Å²) in [7, 11) is 0. The maximum Gasteiger partial charge on any atom is 0.306 e. The Hall–Kier alpha value is -1.46. The van der Waals surface area contributed by atoms with Crippen molar-refractivity contribution in [2.75, 3.05) is 0 Å². The topological polar surface area (TPSA) is 70.4 Å². The molecule has 0 radical (unpaired) electrons. The minimum atomic E-state index is -1.03. The highest BCUT2D eigenvalue weighted by molar-refractivity contribution is 7.18. The van der Waals surface area contributed by atoms with Gasteiger partial charge in [0.05, 0.1) is 16.6 Å². The summed E-state index contributed by atoms with van der Waals surface area (Å²) in [5, 5.41) is 18.6. The van der Waals surface area contributed by atoms with Crippen molar-refractivity contribution in [3.63, 3.8) is 0 Å². The zero-order valence-corrected chi connectivity index (χ0v) is 8.57. The molecule has 2 rings (SSSR count). The molecule has 1 aromatic carbocycles. The summed E-state index contributed by atoms with van der Waals surface area (Å²) in [5.74, 6) is -1.03. The van der Waals surface area contributed by atoms with Crippen LogP contribution in [0.3, 0.4) is 0 Å². The Morgan fingerprint density at radius 2 is 2.20 bits per heavy atom. The molecule has 4 nitrogen and oxygen atoms in total. The quantitative estimate of drug-likeness (QED) is 0.832. The third-order valence-electron chi connectivity index (χ3n) is 1.96. The standard InChI is InChI=1S/C10H9NO3S/c12-7(5-9(13)14)10-11-6-3-1-2-4-8(6)15-10/h1-4,7,12H,5H2,(H,13,14)/t7-/m1/s1. The minimum absolute atomic E-state index is 0.306. The van der Waals surface area contributed by atoms with Gasteiger partial charge in [0, 0.05) is 0 Å². The van der Waals surface area contributed by atoms with Gasteiger partial charge in [0.1, 0.15) is 11.1 Å². The summed E-state index contributed by atoms with van der Waals surface area (Å²) < 4.78 is 0.955. The van der Waals surface area contributed by atoms with E-state index in [0.29, 0.717) is 5.01 Å². The van der Waals surface area contributed by atoms with Crippen LogP contribution in [0.15, 0.2) is 24.3 Å². The average molecular weight is 223 g/mol. The van der Waals surface area contributed by atoms with Gasteiger partial charge in [-0.05, 0) is 12.1 Å². The van der Waals surface area contributed by atoms with E-state index in [4.69, 9.17) is 5.11 Å². The van der Waals surface area contributed by atoms with E-state index in [1.165, 1.54) is 11.3 Å². The van der Waals surface area contributed by atoms with Crippen molar-refractivity contribution >= 4 is 27.5 Å². The van der Waals surface area contributed by atoms with E-state index >= 15 is 0 Å². The average Bonchev–Trinajstić information content (AvgIpc) is 2.59. The van der Waals surface area contributed by atoms with Gasteiger partial charge in [-0.3, -0.25) is 4.79 Å². The van der Waals surface area contributed by atoms with Crippen LogP contribution in [0.2, 0.25) is 0 Å². The molecule has 0 spiro atoms. The molecular weight excluding hydrogens is 214 g/mol. The van der Waals surface area contributed by atoms with Gasteiger partial charge in [-0.25, -0.2) is 4.98 Å². The van der Waals surface area contributed by atoms with Crippen molar-refractivity contribution in [3.05, 3.63) is 29.3 Å². The molecule has 2 aromatic rings. The van der Waals surface area contributed by atoms with E-state index in [-0.39, 0.29) is 6.42 Å². The first-order valence-electron chi connectivity index (χ1n) is 4.42. The number of hydrogen-bond donors (Lipinski definition) is 2. The van der Waals surface area contributed by atoms with Crippen LogP contribution in [0.5, 0.6) is 0 Å². The number of aromatic nitrogens is 1. The maximum absolute atomic E-state index is 10.4. The molecule has 0 amide bonds. The number of fused-ring (bicyclic) bond motifs is 1. The van der Waals surface area contributed by atoms with E-state index in [9.17, 15) is 9.90 Å². The SMILES string of the molecule is O=C(O)C[C@@H](O)c1nc2ccccc2s1. The molecule has 0 fully saturated rings. The number of rotatable bonds is 3. The van der Waals surface area contributed by atoms with Crippen molar-refractivity contribution in [3.8, 4) is 0 Å². The van der Waals surface area contributed by atoms with Crippen molar-refractivity contribution in [1.29, 1.82) is 0 Å². The number of para-hydroxylation sites is 1. The van der Waals surface area contributed by atoms with E-state index in [1.807, 2.05) is 24.3 Å². The lowest BCUT2D eigenvalue weighted by Crippen LogP contribution is -2.04. The number of thiazole rings is 1. The van der Waals surface area contributed by atoms with Crippen molar-refractivity contribution < 1.29 is 15.0 Å². The fourth-order valence-electron chi connectivity index (χ4n) is 1.29. The number of carbonyl (C=O) groups is 1. The third-order valence-corrected chi connectivity index (χ3v) is 3.10. The molecule has 0 saturated heterocycles. The molecule has 2 N–H and O–H groups in total. The number of nitrogens with zero attached hydrogens (tertiary/aromatic N) is 1. The Bertz CT molecular complexity index is 461. The Morgan fingerprint density at radius 3 is 2.87 bits per heavy atom. The second kappa shape index (κ2) is 3.96. The predicted octanol–water partition coefficient (Wildman–Crippen LogP) is 1.80. The number of carboxylic acid groups (broad SMARTS) is 1. The number of benzene rings is 1. The molecule has 1 aromatic heterocycles. The van der Waals surface area contributed by atoms with E-state index < -0.39 is 12.1 Å². The van der Waals surface area contributed by atoms with Gasteiger partial charge in [0.15, 0.2) is 0 Å². The number of aliphatic carboxylic acids is 1. The lowest BCUT2D eigenvalue weighted by Gasteiger charge is -2.01. The lowest BCUT2D eigenvalue weighted by molar-refractivity contribution is -0.139. The molecule has 1 atom stereocenters. The van der Waals surface area contributed by atoms with Gasteiger partial charge in [-0.1, -0.05) is 12.1 Å². The summed E-state index contributed by atoms with van der Waals surface area (Å²) in [6.45, 7) is 0. The molecule has 0 bridgehead atoms. The first kappa shape index (κ1) is 10.1. The normalized spacial score (nSPS) is 12.9. The van der Waals surface area contributed by atoms with E-state index in [2.05, 4.69) is 4.98 Å². The zero-order valence-electron chi connectivity index (χ0n) is 7.75. The highest BCUT2D eigenvalue weighted by Crippen LogP contribution is 2.27. The highest BCUT2D eigenvalue weighted by atomic mass is 32.1. The molecule has 5 heteroatoms. The fraction of sp³-hybridized carbons (Fsp3) is 0.200.